The number of rotatable bonds is 7. The molecule has 2 aromatic carbocycles. The van der Waals surface area contributed by atoms with E-state index in [2.05, 4.69) is 30.3 Å². The predicted octanol–water partition coefficient (Wildman–Crippen LogP) is 4.52. The predicted molar refractivity (Wildman–Crippen MR) is 141 cm³/mol. The summed E-state index contributed by atoms with van der Waals surface area (Å²) in [6.45, 7) is 3.84. The molecule has 0 aliphatic carbocycles. The van der Waals surface area contributed by atoms with E-state index < -0.39 is 5.97 Å². The fraction of sp³-hybridized carbons (Fsp3) is 0.370. The molecule has 2 saturated heterocycles. The van der Waals surface area contributed by atoms with E-state index in [4.69, 9.17) is 9.72 Å². The van der Waals surface area contributed by atoms with Crippen molar-refractivity contribution in [2.45, 2.75) is 38.5 Å². The molecule has 0 amide bonds. The maximum Gasteiger partial charge on any atom is 0.343 e. The van der Waals surface area contributed by atoms with Crippen LogP contribution in [-0.2, 0) is 0 Å². The number of nitrogens with zero attached hydrogens (tertiary/aromatic N) is 6. The molecule has 186 valence electrons. The first kappa shape index (κ1) is 23.7. The van der Waals surface area contributed by atoms with E-state index in [9.17, 15) is 4.79 Å². The Bertz CT molecular complexity index is 1150. The zero-order valence-electron chi connectivity index (χ0n) is 20.3. The lowest BCUT2D eigenvalue weighted by molar-refractivity contribution is 0.0735. The van der Waals surface area contributed by atoms with Gasteiger partial charge < -0.3 is 14.5 Å². The molecule has 3 aromatic rings. The Morgan fingerprint density at radius 2 is 1.44 bits per heavy atom. The molecular weight excluding hydrogens is 454 g/mol. The summed E-state index contributed by atoms with van der Waals surface area (Å²) >= 11 is 0. The van der Waals surface area contributed by atoms with E-state index >= 15 is 0 Å². The molecule has 9 nitrogen and oxygen atoms in total. The van der Waals surface area contributed by atoms with Gasteiger partial charge in [0.15, 0.2) is 0 Å². The molecule has 0 unspecified atom stereocenters. The fourth-order valence-electron chi connectivity index (χ4n) is 4.44. The second kappa shape index (κ2) is 11.6. The van der Waals surface area contributed by atoms with Crippen LogP contribution >= 0.6 is 0 Å². The van der Waals surface area contributed by atoms with Crippen LogP contribution in [0.2, 0.25) is 0 Å². The highest BCUT2D eigenvalue weighted by atomic mass is 16.5. The van der Waals surface area contributed by atoms with Crippen molar-refractivity contribution in [3.63, 3.8) is 0 Å². The number of benzene rings is 2. The molecule has 0 atom stereocenters. The van der Waals surface area contributed by atoms with Gasteiger partial charge in [-0.25, -0.2) is 10.2 Å². The number of ether oxygens (including phenoxy) is 1. The van der Waals surface area contributed by atoms with Crippen LogP contribution in [0.3, 0.4) is 0 Å². The lowest BCUT2D eigenvalue weighted by Gasteiger charge is -2.30. The van der Waals surface area contributed by atoms with E-state index in [0.717, 1.165) is 57.4 Å². The minimum absolute atomic E-state index is 0.400. The van der Waals surface area contributed by atoms with Crippen LogP contribution in [0.1, 0.15) is 54.4 Å². The third-order valence-corrected chi connectivity index (χ3v) is 6.35. The highest BCUT2D eigenvalue weighted by Crippen LogP contribution is 2.22. The molecule has 5 rings (SSSR count). The lowest BCUT2D eigenvalue weighted by Crippen LogP contribution is -2.34. The summed E-state index contributed by atoms with van der Waals surface area (Å²) < 4.78 is 5.51. The molecule has 1 N–H and O–H groups in total. The molecule has 9 heteroatoms. The van der Waals surface area contributed by atoms with Crippen LogP contribution < -0.4 is 20.0 Å². The maximum absolute atomic E-state index is 12.4. The molecule has 0 spiro atoms. The minimum atomic E-state index is -0.400. The molecule has 2 fully saturated rings. The van der Waals surface area contributed by atoms with E-state index in [0.29, 0.717) is 29.2 Å². The molecular formula is C27H31N7O2. The van der Waals surface area contributed by atoms with Crippen molar-refractivity contribution in [1.29, 1.82) is 0 Å². The molecule has 0 bridgehead atoms. The van der Waals surface area contributed by atoms with Gasteiger partial charge in [-0.1, -0.05) is 30.3 Å². The summed E-state index contributed by atoms with van der Waals surface area (Å²) in [6.07, 6.45) is 8.75. The Labute approximate surface area is 211 Å². The normalized spacial score (nSPS) is 16.2. The average Bonchev–Trinajstić information content (AvgIpc) is 2.94. The molecule has 2 aliphatic rings. The SMILES string of the molecule is O=C(Oc1cccc(/C=N/Nc2nc(N3CCCCC3)nc(N3CCCCC3)n2)c1)c1ccccc1. The lowest BCUT2D eigenvalue weighted by atomic mass is 10.1. The van der Waals surface area contributed by atoms with Crippen molar-refractivity contribution in [3.8, 4) is 5.75 Å². The molecule has 1 aromatic heterocycles. The third-order valence-electron chi connectivity index (χ3n) is 6.35. The average molecular weight is 486 g/mol. The quantitative estimate of drug-likeness (QED) is 0.226. The van der Waals surface area contributed by atoms with Crippen molar-refractivity contribution in [1.82, 2.24) is 15.0 Å². The number of carbonyl (C=O) groups is 1. The first-order chi connectivity index (χ1) is 17.7. The topological polar surface area (TPSA) is 95.8 Å². The van der Waals surface area contributed by atoms with Gasteiger partial charge in [0.1, 0.15) is 5.75 Å². The zero-order chi connectivity index (χ0) is 24.6. The second-order valence-electron chi connectivity index (χ2n) is 9.05. The van der Waals surface area contributed by atoms with Crippen molar-refractivity contribution in [2.75, 3.05) is 41.4 Å². The van der Waals surface area contributed by atoms with E-state index in [1.807, 2.05) is 18.2 Å². The van der Waals surface area contributed by atoms with E-state index in [-0.39, 0.29) is 0 Å². The van der Waals surface area contributed by atoms with Crippen molar-refractivity contribution < 1.29 is 9.53 Å². The summed E-state index contributed by atoms with van der Waals surface area (Å²) in [7, 11) is 0. The largest absolute Gasteiger partial charge is 0.423 e. The van der Waals surface area contributed by atoms with Gasteiger partial charge in [-0.3, -0.25) is 0 Å². The smallest absolute Gasteiger partial charge is 0.343 e. The summed E-state index contributed by atoms with van der Waals surface area (Å²) in [5, 5.41) is 4.36. The van der Waals surface area contributed by atoms with Gasteiger partial charge >= 0.3 is 5.97 Å². The van der Waals surface area contributed by atoms with Crippen LogP contribution in [0.25, 0.3) is 0 Å². The van der Waals surface area contributed by atoms with Gasteiger partial charge in [0.05, 0.1) is 11.8 Å². The third kappa shape index (κ3) is 6.16. The molecule has 0 radical (unpaired) electrons. The van der Waals surface area contributed by atoms with Crippen LogP contribution in [0.15, 0.2) is 59.7 Å². The standard InChI is InChI=1S/C27H31N7O2/c35-24(22-12-4-1-5-13-22)36-23-14-10-11-21(19-23)20-28-32-25-29-26(33-15-6-2-7-16-33)31-27(30-25)34-17-8-3-9-18-34/h1,4-5,10-14,19-20H,2-3,6-9,15-18H2,(H,29,30,31,32)/b28-20+. The first-order valence-corrected chi connectivity index (χ1v) is 12.7. The number of aromatic nitrogens is 3. The van der Waals surface area contributed by atoms with Crippen molar-refractivity contribution in [3.05, 3.63) is 65.7 Å². The highest BCUT2D eigenvalue weighted by Gasteiger charge is 2.20. The van der Waals surface area contributed by atoms with Gasteiger partial charge in [0.2, 0.25) is 17.8 Å². The summed E-state index contributed by atoms with van der Waals surface area (Å²) in [6, 6.07) is 16.1. The van der Waals surface area contributed by atoms with Crippen LogP contribution in [0.4, 0.5) is 17.8 Å². The number of hydrogen-bond acceptors (Lipinski definition) is 9. The Kier molecular flexibility index (Phi) is 7.65. The van der Waals surface area contributed by atoms with Gasteiger partial charge in [0, 0.05) is 26.2 Å². The van der Waals surface area contributed by atoms with Gasteiger partial charge in [-0.15, -0.1) is 0 Å². The summed E-state index contributed by atoms with van der Waals surface area (Å²) in [4.78, 5) is 30.9. The number of esters is 1. The molecule has 36 heavy (non-hydrogen) atoms. The zero-order valence-corrected chi connectivity index (χ0v) is 20.3. The number of hydrazone groups is 1. The van der Waals surface area contributed by atoms with Crippen molar-refractivity contribution >= 4 is 30.0 Å². The number of carbonyl (C=O) groups excluding carboxylic acids is 1. The number of anilines is 3. The maximum atomic E-state index is 12.4. The van der Waals surface area contributed by atoms with Gasteiger partial charge in [-0.2, -0.15) is 20.1 Å². The second-order valence-corrected chi connectivity index (χ2v) is 9.05. The molecule has 0 saturated carbocycles. The van der Waals surface area contributed by atoms with Crippen LogP contribution in [-0.4, -0.2) is 53.3 Å². The van der Waals surface area contributed by atoms with E-state index in [1.54, 1.807) is 42.6 Å². The summed E-state index contributed by atoms with van der Waals surface area (Å²) in [5.41, 5.74) is 4.27. The Balaban J connectivity index is 1.29. The van der Waals surface area contributed by atoms with Crippen LogP contribution in [0, 0.1) is 0 Å². The van der Waals surface area contributed by atoms with Crippen molar-refractivity contribution in [2.24, 2.45) is 5.10 Å². The summed E-state index contributed by atoms with van der Waals surface area (Å²) in [5.74, 6) is 1.89. The van der Waals surface area contributed by atoms with Gasteiger partial charge in [-0.05, 0) is 68.4 Å². The fourth-order valence-corrected chi connectivity index (χ4v) is 4.44. The Morgan fingerprint density at radius 1 is 0.806 bits per heavy atom. The number of nitrogens with one attached hydrogen (secondary N) is 1. The molecule has 3 heterocycles. The Morgan fingerprint density at radius 3 is 2.08 bits per heavy atom. The van der Waals surface area contributed by atoms with E-state index in [1.165, 1.54) is 12.8 Å². The highest BCUT2D eigenvalue weighted by molar-refractivity contribution is 5.91. The number of piperidine rings is 2. The van der Waals surface area contributed by atoms with Crippen LogP contribution in [0.5, 0.6) is 5.75 Å². The first-order valence-electron chi connectivity index (χ1n) is 12.7. The molecule has 2 aliphatic heterocycles. The Hall–Kier alpha value is -4.01. The monoisotopic (exact) mass is 485 g/mol. The number of hydrogen-bond donors (Lipinski definition) is 1. The van der Waals surface area contributed by atoms with Gasteiger partial charge in [0.25, 0.3) is 0 Å². The minimum Gasteiger partial charge on any atom is -0.423 e.